The van der Waals surface area contributed by atoms with E-state index in [9.17, 15) is 4.39 Å². The summed E-state index contributed by atoms with van der Waals surface area (Å²) in [6, 6.07) is 7.01. The number of nitrogens with zero attached hydrogens (tertiary/aromatic N) is 1. The van der Waals surface area contributed by atoms with Crippen LogP contribution in [-0.2, 0) is 13.1 Å². The molecule has 0 atom stereocenters. The van der Waals surface area contributed by atoms with Gasteiger partial charge in [-0.25, -0.2) is 4.39 Å². The maximum Gasteiger partial charge on any atom is 0.137 e. The fourth-order valence-corrected chi connectivity index (χ4v) is 2.10. The average molecular weight is 298 g/mol. The summed E-state index contributed by atoms with van der Waals surface area (Å²) < 4.78 is 18.9. The average Bonchev–Trinajstić information content (AvgIpc) is 2.77. The van der Waals surface area contributed by atoms with E-state index in [4.69, 9.17) is 4.42 Å². The Bertz CT molecular complexity index is 484. The molecule has 0 aliphatic carbocycles. The summed E-state index contributed by atoms with van der Waals surface area (Å²) in [6.45, 7) is 1.46. The Balaban J connectivity index is 2.03. The molecule has 1 aromatic heterocycles. The van der Waals surface area contributed by atoms with Crippen molar-refractivity contribution in [1.82, 2.24) is 4.90 Å². The van der Waals surface area contributed by atoms with E-state index < -0.39 is 0 Å². The second-order valence-corrected chi connectivity index (χ2v) is 4.81. The smallest absolute Gasteiger partial charge is 0.137 e. The third kappa shape index (κ3) is 3.17. The van der Waals surface area contributed by atoms with Crippen LogP contribution in [0.5, 0.6) is 0 Å². The molecule has 2 rings (SSSR count). The molecular weight excluding hydrogens is 285 g/mol. The largest absolute Gasteiger partial charge is 0.472 e. The summed E-state index contributed by atoms with van der Waals surface area (Å²) in [5.74, 6) is -0.223. The Hall–Kier alpha value is -1.13. The molecule has 0 aliphatic rings. The predicted molar refractivity (Wildman–Crippen MR) is 68.0 cm³/mol. The fraction of sp³-hybridized carbons (Fsp3) is 0.231. The maximum atomic E-state index is 13.3. The van der Waals surface area contributed by atoms with E-state index in [1.165, 1.54) is 6.07 Å². The normalized spacial score (nSPS) is 11.1. The van der Waals surface area contributed by atoms with Crippen molar-refractivity contribution in [3.05, 3.63) is 58.2 Å². The molecule has 0 unspecified atom stereocenters. The van der Waals surface area contributed by atoms with E-state index in [1.807, 2.05) is 19.2 Å². The zero-order valence-electron chi connectivity index (χ0n) is 9.49. The van der Waals surface area contributed by atoms with Gasteiger partial charge in [-0.3, -0.25) is 4.90 Å². The van der Waals surface area contributed by atoms with Gasteiger partial charge in [-0.15, -0.1) is 0 Å². The molecular formula is C13H13BrFNO. The molecule has 2 aromatic rings. The zero-order chi connectivity index (χ0) is 12.3. The molecule has 17 heavy (non-hydrogen) atoms. The quantitative estimate of drug-likeness (QED) is 0.853. The van der Waals surface area contributed by atoms with E-state index in [1.54, 1.807) is 18.6 Å². The predicted octanol–water partition coefficient (Wildman–Crippen LogP) is 3.81. The molecule has 0 bridgehead atoms. The van der Waals surface area contributed by atoms with Crippen molar-refractivity contribution < 1.29 is 8.81 Å². The number of hydrogen-bond acceptors (Lipinski definition) is 2. The summed E-state index contributed by atoms with van der Waals surface area (Å²) >= 11 is 3.27. The number of halogens is 2. The lowest BCUT2D eigenvalue weighted by Gasteiger charge is -2.16. The van der Waals surface area contributed by atoms with Crippen LogP contribution < -0.4 is 0 Å². The minimum atomic E-state index is -0.223. The molecule has 4 heteroatoms. The fourth-order valence-electron chi connectivity index (χ4n) is 1.71. The Kier molecular flexibility index (Phi) is 3.97. The maximum absolute atomic E-state index is 13.3. The number of rotatable bonds is 4. The van der Waals surface area contributed by atoms with Crippen LogP contribution in [0.25, 0.3) is 0 Å². The van der Waals surface area contributed by atoms with Crippen molar-refractivity contribution >= 4 is 15.9 Å². The highest BCUT2D eigenvalue weighted by molar-refractivity contribution is 9.10. The van der Waals surface area contributed by atoms with Gasteiger partial charge in [0.2, 0.25) is 0 Å². The van der Waals surface area contributed by atoms with Gasteiger partial charge >= 0.3 is 0 Å². The molecule has 0 spiro atoms. The van der Waals surface area contributed by atoms with Crippen LogP contribution in [0.1, 0.15) is 11.1 Å². The molecule has 90 valence electrons. The summed E-state index contributed by atoms with van der Waals surface area (Å²) in [4.78, 5) is 2.10. The van der Waals surface area contributed by atoms with Gasteiger partial charge < -0.3 is 4.42 Å². The molecule has 0 aliphatic heterocycles. The van der Waals surface area contributed by atoms with Crippen molar-refractivity contribution in [2.75, 3.05) is 7.05 Å². The number of furan rings is 1. The first-order valence-corrected chi connectivity index (χ1v) is 6.08. The SMILES string of the molecule is CN(Cc1ccoc1)Cc1cccc(F)c1Br. The van der Waals surface area contributed by atoms with Gasteiger partial charge in [0.15, 0.2) is 0 Å². The van der Waals surface area contributed by atoms with E-state index in [0.29, 0.717) is 11.0 Å². The van der Waals surface area contributed by atoms with Gasteiger partial charge in [-0.2, -0.15) is 0 Å². The highest BCUT2D eigenvalue weighted by Gasteiger charge is 2.08. The molecule has 1 heterocycles. The van der Waals surface area contributed by atoms with Crippen molar-refractivity contribution in [3.8, 4) is 0 Å². The lowest BCUT2D eigenvalue weighted by atomic mass is 10.2. The Morgan fingerprint density at radius 1 is 1.29 bits per heavy atom. The lowest BCUT2D eigenvalue weighted by molar-refractivity contribution is 0.316. The van der Waals surface area contributed by atoms with Gasteiger partial charge in [-0.05, 0) is 40.7 Å². The van der Waals surface area contributed by atoms with E-state index in [0.717, 1.165) is 17.7 Å². The van der Waals surface area contributed by atoms with Crippen LogP contribution >= 0.6 is 15.9 Å². The zero-order valence-corrected chi connectivity index (χ0v) is 11.1. The van der Waals surface area contributed by atoms with Crippen molar-refractivity contribution in [2.24, 2.45) is 0 Å². The highest BCUT2D eigenvalue weighted by Crippen LogP contribution is 2.22. The molecule has 0 radical (unpaired) electrons. The van der Waals surface area contributed by atoms with Gasteiger partial charge in [0.25, 0.3) is 0 Å². The Morgan fingerprint density at radius 2 is 2.12 bits per heavy atom. The highest BCUT2D eigenvalue weighted by atomic mass is 79.9. The molecule has 0 N–H and O–H groups in total. The molecule has 0 fully saturated rings. The van der Waals surface area contributed by atoms with Crippen LogP contribution in [0.4, 0.5) is 4.39 Å². The van der Waals surface area contributed by atoms with Crippen LogP contribution in [0.2, 0.25) is 0 Å². The van der Waals surface area contributed by atoms with Gasteiger partial charge in [-0.1, -0.05) is 12.1 Å². The minimum Gasteiger partial charge on any atom is -0.472 e. The summed E-state index contributed by atoms with van der Waals surface area (Å²) in [6.07, 6.45) is 3.37. The monoisotopic (exact) mass is 297 g/mol. The molecule has 2 nitrogen and oxygen atoms in total. The van der Waals surface area contributed by atoms with Crippen molar-refractivity contribution in [2.45, 2.75) is 13.1 Å². The minimum absolute atomic E-state index is 0.223. The third-order valence-corrected chi connectivity index (χ3v) is 3.39. The topological polar surface area (TPSA) is 16.4 Å². The molecule has 1 aromatic carbocycles. The first-order chi connectivity index (χ1) is 8.16. The van der Waals surface area contributed by atoms with Gasteiger partial charge in [0, 0.05) is 18.7 Å². The van der Waals surface area contributed by atoms with E-state index >= 15 is 0 Å². The number of benzene rings is 1. The first kappa shape index (κ1) is 12.3. The second kappa shape index (κ2) is 5.47. The van der Waals surface area contributed by atoms with Crippen molar-refractivity contribution in [1.29, 1.82) is 0 Å². The summed E-state index contributed by atoms with van der Waals surface area (Å²) in [7, 11) is 1.99. The van der Waals surface area contributed by atoms with Crippen LogP contribution in [0.3, 0.4) is 0 Å². The van der Waals surface area contributed by atoms with Crippen LogP contribution in [-0.4, -0.2) is 11.9 Å². The van der Waals surface area contributed by atoms with Crippen molar-refractivity contribution in [3.63, 3.8) is 0 Å². The standard InChI is InChI=1S/C13H13BrFNO/c1-16(7-10-5-6-17-9-10)8-11-3-2-4-12(15)13(11)14/h2-6,9H,7-8H2,1H3. The molecule has 0 saturated heterocycles. The van der Waals surface area contributed by atoms with Gasteiger partial charge in [0.05, 0.1) is 17.0 Å². The Morgan fingerprint density at radius 3 is 2.82 bits per heavy atom. The summed E-state index contributed by atoms with van der Waals surface area (Å²) in [5.41, 5.74) is 2.05. The third-order valence-electron chi connectivity index (χ3n) is 2.50. The van der Waals surface area contributed by atoms with E-state index in [2.05, 4.69) is 20.8 Å². The first-order valence-electron chi connectivity index (χ1n) is 5.29. The molecule has 0 amide bonds. The van der Waals surface area contributed by atoms with Crippen LogP contribution in [0.15, 0.2) is 45.7 Å². The van der Waals surface area contributed by atoms with E-state index in [-0.39, 0.29) is 5.82 Å². The second-order valence-electron chi connectivity index (χ2n) is 4.02. The summed E-state index contributed by atoms with van der Waals surface area (Å²) in [5, 5.41) is 0. The lowest BCUT2D eigenvalue weighted by Crippen LogP contribution is -2.17. The number of hydrogen-bond donors (Lipinski definition) is 0. The molecule has 0 saturated carbocycles. The van der Waals surface area contributed by atoms with Crippen LogP contribution in [0, 0.1) is 5.82 Å². The Labute approximate surface area is 108 Å². The van der Waals surface area contributed by atoms with Gasteiger partial charge in [0.1, 0.15) is 5.82 Å².